The van der Waals surface area contributed by atoms with Gasteiger partial charge in [0.2, 0.25) is 0 Å². The number of aromatic nitrogens is 2. The number of amides is 1. The molecule has 2 aromatic heterocycles. The predicted octanol–water partition coefficient (Wildman–Crippen LogP) is 4.90. The zero-order chi connectivity index (χ0) is 19.8. The Morgan fingerprint density at radius 3 is 2.62 bits per heavy atom. The van der Waals surface area contributed by atoms with Crippen LogP contribution in [0.3, 0.4) is 0 Å². The minimum absolute atomic E-state index is 0.00893. The molecule has 0 aliphatic rings. The lowest BCUT2D eigenvalue weighted by atomic mass is 10.0. The van der Waals surface area contributed by atoms with Crippen LogP contribution in [0.2, 0.25) is 0 Å². The van der Waals surface area contributed by atoms with Gasteiger partial charge in [-0.15, -0.1) is 5.10 Å². The molecule has 5 aromatic rings. The monoisotopic (exact) mass is 385 g/mol. The predicted molar refractivity (Wildman–Crippen MR) is 108 cm³/mol. The van der Waals surface area contributed by atoms with Crippen LogP contribution < -0.4 is 10.1 Å². The summed E-state index contributed by atoms with van der Waals surface area (Å²) in [5, 5.41) is 13.2. The van der Waals surface area contributed by atoms with E-state index in [4.69, 9.17) is 13.6 Å². The second-order valence-electron chi connectivity index (χ2n) is 6.38. The summed E-state index contributed by atoms with van der Waals surface area (Å²) in [5.74, 6) is 0.833. The first-order valence-corrected chi connectivity index (χ1v) is 8.92. The highest BCUT2D eigenvalue weighted by Gasteiger charge is 2.18. The van der Waals surface area contributed by atoms with E-state index in [1.165, 1.54) is 0 Å². The Morgan fingerprint density at radius 1 is 0.931 bits per heavy atom. The van der Waals surface area contributed by atoms with E-state index in [0.29, 0.717) is 22.7 Å². The molecule has 7 heteroatoms. The number of benzene rings is 3. The maximum Gasteiger partial charge on any atom is 0.322 e. The number of carbonyl (C=O) groups is 1. The van der Waals surface area contributed by atoms with Gasteiger partial charge in [-0.05, 0) is 29.0 Å². The Morgan fingerprint density at radius 2 is 1.72 bits per heavy atom. The third kappa shape index (κ3) is 2.98. The maximum absolute atomic E-state index is 12.7. The Labute approximate surface area is 164 Å². The summed E-state index contributed by atoms with van der Waals surface area (Å²) in [6.45, 7) is 0. The Hall–Kier alpha value is -4.13. The van der Waals surface area contributed by atoms with Gasteiger partial charge in [-0.25, -0.2) is 0 Å². The average Bonchev–Trinajstić information content (AvgIpc) is 3.39. The fourth-order valence-electron chi connectivity index (χ4n) is 3.26. The number of hydrogen-bond acceptors (Lipinski definition) is 6. The van der Waals surface area contributed by atoms with Gasteiger partial charge in [0.25, 0.3) is 11.8 Å². The molecule has 142 valence electrons. The van der Waals surface area contributed by atoms with E-state index in [-0.39, 0.29) is 17.8 Å². The smallest absolute Gasteiger partial charge is 0.322 e. The van der Waals surface area contributed by atoms with Gasteiger partial charge in [0.15, 0.2) is 17.1 Å². The summed E-state index contributed by atoms with van der Waals surface area (Å²) in [7, 11) is 1.57. The van der Waals surface area contributed by atoms with Crippen molar-refractivity contribution in [1.82, 2.24) is 10.2 Å². The summed E-state index contributed by atoms with van der Waals surface area (Å²) >= 11 is 0. The number of rotatable bonds is 4. The van der Waals surface area contributed by atoms with Crippen molar-refractivity contribution in [2.75, 3.05) is 12.4 Å². The lowest BCUT2D eigenvalue weighted by Crippen LogP contribution is -2.12. The Balaban J connectivity index is 1.44. The van der Waals surface area contributed by atoms with Gasteiger partial charge in [-0.3, -0.25) is 10.1 Å². The normalized spacial score (nSPS) is 11.1. The third-order valence-electron chi connectivity index (χ3n) is 4.62. The number of para-hydroxylation sites is 1. The van der Waals surface area contributed by atoms with Crippen LogP contribution in [0.4, 0.5) is 6.01 Å². The number of nitrogens with one attached hydrogen (secondary N) is 1. The molecule has 0 fully saturated rings. The molecular weight excluding hydrogens is 370 g/mol. The fraction of sp³-hybridized carbons (Fsp3) is 0.0455. The molecule has 2 heterocycles. The SMILES string of the molecule is COc1cccc2cc(-c3nnc(NC(=O)c4cccc5ccccc45)o3)oc12. The van der Waals surface area contributed by atoms with E-state index < -0.39 is 0 Å². The topological polar surface area (TPSA) is 90.4 Å². The number of fused-ring (bicyclic) bond motifs is 2. The molecular formula is C22H15N3O4. The summed E-state index contributed by atoms with van der Waals surface area (Å²) < 4.78 is 16.7. The van der Waals surface area contributed by atoms with Crippen molar-refractivity contribution in [1.29, 1.82) is 0 Å². The molecule has 5 rings (SSSR count). The van der Waals surface area contributed by atoms with Crippen LogP contribution >= 0.6 is 0 Å². The van der Waals surface area contributed by atoms with Gasteiger partial charge < -0.3 is 13.6 Å². The molecule has 29 heavy (non-hydrogen) atoms. The van der Waals surface area contributed by atoms with E-state index in [1.807, 2.05) is 48.5 Å². The minimum atomic E-state index is -0.330. The second kappa shape index (κ2) is 6.79. The van der Waals surface area contributed by atoms with E-state index in [9.17, 15) is 4.79 Å². The van der Waals surface area contributed by atoms with Gasteiger partial charge in [-0.1, -0.05) is 53.6 Å². The lowest BCUT2D eigenvalue weighted by molar-refractivity contribution is 0.102. The van der Waals surface area contributed by atoms with Gasteiger partial charge >= 0.3 is 6.01 Å². The molecule has 0 aliphatic heterocycles. The van der Waals surface area contributed by atoms with Gasteiger partial charge in [-0.2, -0.15) is 0 Å². The highest BCUT2D eigenvalue weighted by atomic mass is 16.5. The number of carbonyl (C=O) groups excluding carboxylic acids is 1. The van der Waals surface area contributed by atoms with E-state index in [2.05, 4.69) is 15.5 Å². The molecule has 3 aromatic carbocycles. The van der Waals surface area contributed by atoms with Crippen LogP contribution in [0.25, 0.3) is 33.4 Å². The number of hydrogen-bond donors (Lipinski definition) is 1. The molecule has 7 nitrogen and oxygen atoms in total. The first-order valence-electron chi connectivity index (χ1n) is 8.92. The zero-order valence-electron chi connectivity index (χ0n) is 15.4. The molecule has 0 atom stereocenters. The number of anilines is 1. The third-order valence-corrected chi connectivity index (χ3v) is 4.62. The number of ether oxygens (including phenoxy) is 1. The Bertz CT molecular complexity index is 1350. The van der Waals surface area contributed by atoms with Crippen molar-refractivity contribution in [3.8, 4) is 17.4 Å². The molecule has 0 saturated heterocycles. The fourth-order valence-corrected chi connectivity index (χ4v) is 3.26. The summed E-state index contributed by atoms with van der Waals surface area (Å²) in [6.07, 6.45) is 0. The molecule has 1 amide bonds. The number of nitrogens with zero attached hydrogens (tertiary/aromatic N) is 2. The highest BCUT2D eigenvalue weighted by molar-refractivity contribution is 6.12. The van der Waals surface area contributed by atoms with Crippen molar-refractivity contribution in [3.05, 3.63) is 72.3 Å². The van der Waals surface area contributed by atoms with E-state index in [0.717, 1.165) is 16.2 Å². The van der Waals surface area contributed by atoms with Gasteiger partial charge in [0.05, 0.1) is 7.11 Å². The van der Waals surface area contributed by atoms with Crippen molar-refractivity contribution < 1.29 is 18.4 Å². The minimum Gasteiger partial charge on any atom is -0.493 e. The van der Waals surface area contributed by atoms with Gasteiger partial charge in [0.1, 0.15) is 0 Å². The lowest BCUT2D eigenvalue weighted by Gasteiger charge is -2.05. The Kier molecular flexibility index (Phi) is 3.98. The highest BCUT2D eigenvalue weighted by Crippen LogP contribution is 2.33. The first kappa shape index (κ1) is 17.0. The van der Waals surface area contributed by atoms with Crippen LogP contribution in [0.5, 0.6) is 5.75 Å². The van der Waals surface area contributed by atoms with E-state index >= 15 is 0 Å². The van der Waals surface area contributed by atoms with Crippen molar-refractivity contribution in [2.45, 2.75) is 0 Å². The van der Waals surface area contributed by atoms with Gasteiger partial charge in [0, 0.05) is 10.9 Å². The van der Waals surface area contributed by atoms with Crippen molar-refractivity contribution >= 4 is 33.7 Å². The molecule has 0 saturated carbocycles. The van der Waals surface area contributed by atoms with Crippen LogP contribution in [-0.4, -0.2) is 23.2 Å². The summed E-state index contributed by atoms with van der Waals surface area (Å²) in [5.41, 5.74) is 1.11. The number of furan rings is 1. The summed E-state index contributed by atoms with van der Waals surface area (Å²) in [6, 6.07) is 20.5. The van der Waals surface area contributed by atoms with E-state index in [1.54, 1.807) is 25.3 Å². The first-order chi connectivity index (χ1) is 14.2. The summed E-state index contributed by atoms with van der Waals surface area (Å²) in [4.78, 5) is 12.7. The molecule has 0 spiro atoms. The quantitative estimate of drug-likeness (QED) is 0.473. The van der Waals surface area contributed by atoms with Crippen molar-refractivity contribution in [2.24, 2.45) is 0 Å². The molecule has 0 radical (unpaired) electrons. The molecule has 0 aliphatic carbocycles. The standard InChI is InChI=1S/C22H15N3O4/c1-27-17-11-5-8-14-12-18(28-19(14)17)21-24-25-22(29-21)23-20(26)16-10-4-7-13-6-2-3-9-15(13)16/h2-12H,1H3,(H,23,25,26). The molecule has 0 unspecified atom stereocenters. The average molecular weight is 385 g/mol. The van der Waals surface area contributed by atoms with Crippen LogP contribution in [0, 0.1) is 0 Å². The van der Waals surface area contributed by atoms with Crippen LogP contribution in [0.15, 0.2) is 75.6 Å². The second-order valence-corrected chi connectivity index (χ2v) is 6.38. The largest absolute Gasteiger partial charge is 0.493 e. The van der Waals surface area contributed by atoms with Crippen molar-refractivity contribution in [3.63, 3.8) is 0 Å². The number of methoxy groups -OCH3 is 1. The maximum atomic E-state index is 12.7. The molecule has 1 N–H and O–H groups in total. The zero-order valence-corrected chi connectivity index (χ0v) is 15.4. The molecule has 0 bridgehead atoms. The van der Waals surface area contributed by atoms with Crippen LogP contribution in [0.1, 0.15) is 10.4 Å². The van der Waals surface area contributed by atoms with Crippen LogP contribution in [-0.2, 0) is 0 Å².